The molecule has 2 nitrogen and oxygen atoms in total. The molecule has 0 heterocycles. The van der Waals surface area contributed by atoms with Crippen LogP contribution in [0.3, 0.4) is 0 Å². The summed E-state index contributed by atoms with van der Waals surface area (Å²) in [6.45, 7) is 4.76. The maximum Gasteiger partial charge on any atom is 0.238 e. The molecule has 0 aromatic carbocycles. The normalized spacial score (nSPS) is 11.5. The smallest absolute Gasteiger partial charge is 0.238 e. The lowest BCUT2D eigenvalue weighted by Gasteiger charge is -1.97. The van der Waals surface area contributed by atoms with Crippen molar-refractivity contribution in [2.75, 3.05) is 12.7 Å². The third-order valence-electron chi connectivity index (χ3n) is 1.12. The summed E-state index contributed by atoms with van der Waals surface area (Å²) in [6, 6.07) is 0. The summed E-state index contributed by atoms with van der Waals surface area (Å²) in [5, 5.41) is 2.76. The van der Waals surface area contributed by atoms with Gasteiger partial charge in [0.2, 0.25) is 5.65 Å². The summed E-state index contributed by atoms with van der Waals surface area (Å²) >= 11 is 0. The standard InChI is InChI=1S/C8H16NOP/c1-3-5-6-7-11-8(10)9-4-2/h5-6,11H,3-4,7H2,1-2H3,(H,9,10)/b6-5-. The Kier molecular flexibility index (Phi) is 7.49. The summed E-state index contributed by atoms with van der Waals surface area (Å²) in [5.74, 6) is 0. The van der Waals surface area contributed by atoms with Crippen molar-refractivity contribution in [3.8, 4) is 0 Å². The lowest BCUT2D eigenvalue weighted by Crippen LogP contribution is -2.16. The molecule has 0 rings (SSSR count). The maximum atomic E-state index is 10.9. The zero-order valence-corrected chi connectivity index (χ0v) is 8.18. The molecular formula is C8H16NOP. The second kappa shape index (κ2) is 7.74. The van der Waals surface area contributed by atoms with Crippen LogP contribution in [0.4, 0.5) is 4.79 Å². The zero-order chi connectivity index (χ0) is 8.53. The molecule has 0 fully saturated rings. The fourth-order valence-corrected chi connectivity index (χ4v) is 1.40. The Morgan fingerprint density at radius 1 is 1.45 bits per heavy atom. The number of hydrogen-bond acceptors (Lipinski definition) is 1. The van der Waals surface area contributed by atoms with E-state index in [-0.39, 0.29) is 5.65 Å². The number of nitrogens with one attached hydrogen (secondary N) is 1. The van der Waals surface area contributed by atoms with Crippen molar-refractivity contribution in [2.45, 2.75) is 20.3 Å². The van der Waals surface area contributed by atoms with Gasteiger partial charge in [0.05, 0.1) is 0 Å². The average molecular weight is 173 g/mol. The van der Waals surface area contributed by atoms with Crippen LogP contribution >= 0.6 is 8.58 Å². The van der Waals surface area contributed by atoms with E-state index in [1.54, 1.807) is 0 Å². The van der Waals surface area contributed by atoms with E-state index in [9.17, 15) is 4.79 Å². The van der Waals surface area contributed by atoms with Gasteiger partial charge < -0.3 is 5.32 Å². The Balaban J connectivity index is 3.24. The van der Waals surface area contributed by atoms with Crippen LogP contribution in [0.2, 0.25) is 0 Å². The molecule has 0 aliphatic rings. The van der Waals surface area contributed by atoms with E-state index in [0.717, 1.165) is 19.1 Å². The predicted octanol–water partition coefficient (Wildman–Crippen LogP) is 2.36. The molecule has 0 radical (unpaired) electrons. The summed E-state index contributed by atoms with van der Waals surface area (Å²) in [5.41, 5.74) is 0.174. The molecule has 0 spiro atoms. The van der Waals surface area contributed by atoms with Gasteiger partial charge in [-0.25, -0.2) is 0 Å². The largest absolute Gasteiger partial charge is 0.353 e. The van der Waals surface area contributed by atoms with Gasteiger partial charge in [-0.3, -0.25) is 4.79 Å². The van der Waals surface area contributed by atoms with Gasteiger partial charge in [-0.2, -0.15) is 0 Å². The summed E-state index contributed by atoms with van der Waals surface area (Å²) in [7, 11) is 0.386. The Hall–Kier alpha value is -0.360. The predicted molar refractivity (Wildman–Crippen MR) is 51.7 cm³/mol. The lowest BCUT2D eigenvalue weighted by atomic mass is 10.4. The van der Waals surface area contributed by atoms with E-state index < -0.39 is 0 Å². The molecule has 0 aliphatic heterocycles. The van der Waals surface area contributed by atoms with Gasteiger partial charge in [0.15, 0.2) is 0 Å². The van der Waals surface area contributed by atoms with Gasteiger partial charge in [0.1, 0.15) is 0 Å². The van der Waals surface area contributed by atoms with Gasteiger partial charge in [-0.05, 0) is 28.1 Å². The van der Waals surface area contributed by atoms with Crippen molar-refractivity contribution >= 4 is 14.2 Å². The van der Waals surface area contributed by atoms with E-state index >= 15 is 0 Å². The van der Waals surface area contributed by atoms with Crippen LogP contribution in [0.1, 0.15) is 20.3 Å². The number of rotatable bonds is 5. The minimum Gasteiger partial charge on any atom is -0.353 e. The van der Waals surface area contributed by atoms with E-state index in [1.165, 1.54) is 0 Å². The molecule has 1 N–H and O–H groups in total. The van der Waals surface area contributed by atoms with Crippen molar-refractivity contribution in [2.24, 2.45) is 0 Å². The topological polar surface area (TPSA) is 29.1 Å². The van der Waals surface area contributed by atoms with Crippen LogP contribution in [0.5, 0.6) is 0 Å². The third kappa shape index (κ3) is 7.54. The Bertz CT molecular complexity index is 134. The van der Waals surface area contributed by atoms with E-state index in [4.69, 9.17) is 0 Å². The number of amides is 1. The van der Waals surface area contributed by atoms with E-state index in [2.05, 4.69) is 24.4 Å². The molecule has 0 aliphatic carbocycles. The number of hydrogen-bond donors (Lipinski definition) is 1. The molecule has 0 aromatic rings. The first-order valence-corrected chi connectivity index (χ1v) is 5.18. The summed E-state index contributed by atoms with van der Waals surface area (Å²) < 4.78 is 0. The average Bonchev–Trinajstić information content (AvgIpc) is 1.99. The van der Waals surface area contributed by atoms with Gasteiger partial charge in [-0.15, -0.1) is 0 Å². The van der Waals surface area contributed by atoms with Crippen molar-refractivity contribution in [1.82, 2.24) is 5.32 Å². The molecule has 0 bridgehead atoms. The molecule has 11 heavy (non-hydrogen) atoms. The summed E-state index contributed by atoms with van der Waals surface area (Å²) in [4.78, 5) is 10.9. The zero-order valence-electron chi connectivity index (χ0n) is 7.18. The lowest BCUT2D eigenvalue weighted by molar-refractivity contribution is 0.260. The summed E-state index contributed by atoms with van der Waals surface area (Å²) in [6.07, 6.45) is 6.10. The monoisotopic (exact) mass is 173 g/mol. The highest BCUT2D eigenvalue weighted by Crippen LogP contribution is 2.09. The molecular weight excluding hydrogens is 157 g/mol. The van der Waals surface area contributed by atoms with Crippen molar-refractivity contribution in [3.05, 3.63) is 12.2 Å². The van der Waals surface area contributed by atoms with Crippen LogP contribution in [0, 0.1) is 0 Å². The fourth-order valence-electron chi connectivity index (χ4n) is 0.625. The number of carbonyl (C=O) groups excluding carboxylic acids is 1. The van der Waals surface area contributed by atoms with Crippen LogP contribution in [-0.2, 0) is 0 Å². The molecule has 1 amide bonds. The van der Waals surface area contributed by atoms with E-state index in [0.29, 0.717) is 8.58 Å². The second-order valence-corrected chi connectivity index (χ2v) is 3.34. The molecule has 1 atom stereocenters. The third-order valence-corrected chi connectivity index (χ3v) is 2.06. The molecule has 64 valence electrons. The number of carbonyl (C=O) groups is 1. The minimum atomic E-state index is 0.174. The van der Waals surface area contributed by atoms with Gasteiger partial charge in [-0.1, -0.05) is 19.1 Å². The Labute approximate surface area is 70.2 Å². The molecule has 1 unspecified atom stereocenters. The van der Waals surface area contributed by atoms with Crippen LogP contribution < -0.4 is 5.32 Å². The fraction of sp³-hybridized carbons (Fsp3) is 0.625. The number of allylic oxidation sites excluding steroid dienone is 2. The van der Waals surface area contributed by atoms with Gasteiger partial charge in [0.25, 0.3) is 0 Å². The second-order valence-electron chi connectivity index (χ2n) is 2.12. The minimum absolute atomic E-state index is 0.174. The first-order chi connectivity index (χ1) is 5.31. The van der Waals surface area contributed by atoms with Gasteiger partial charge in [0, 0.05) is 6.54 Å². The van der Waals surface area contributed by atoms with Crippen LogP contribution in [0.25, 0.3) is 0 Å². The van der Waals surface area contributed by atoms with E-state index in [1.807, 2.05) is 6.92 Å². The SMILES string of the molecule is CC/C=C\CPC(=O)NCC. The first-order valence-electron chi connectivity index (χ1n) is 3.98. The maximum absolute atomic E-state index is 10.9. The Morgan fingerprint density at radius 3 is 2.73 bits per heavy atom. The molecule has 3 heteroatoms. The van der Waals surface area contributed by atoms with Gasteiger partial charge >= 0.3 is 0 Å². The van der Waals surface area contributed by atoms with Crippen molar-refractivity contribution < 1.29 is 4.79 Å². The van der Waals surface area contributed by atoms with Crippen molar-refractivity contribution in [3.63, 3.8) is 0 Å². The highest BCUT2D eigenvalue weighted by atomic mass is 31.1. The molecule has 0 aromatic heterocycles. The first kappa shape index (κ1) is 10.6. The van der Waals surface area contributed by atoms with Crippen LogP contribution in [-0.4, -0.2) is 18.4 Å². The molecule has 0 saturated heterocycles. The highest BCUT2D eigenvalue weighted by molar-refractivity contribution is 7.57. The van der Waals surface area contributed by atoms with Crippen molar-refractivity contribution in [1.29, 1.82) is 0 Å². The van der Waals surface area contributed by atoms with Crippen LogP contribution in [0.15, 0.2) is 12.2 Å². The highest BCUT2D eigenvalue weighted by Gasteiger charge is 1.94. The Morgan fingerprint density at radius 2 is 2.18 bits per heavy atom. The quantitative estimate of drug-likeness (QED) is 0.502. The molecule has 0 saturated carbocycles.